The zero-order valence-electron chi connectivity index (χ0n) is 10.9. The van der Waals surface area contributed by atoms with Gasteiger partial charge in [0.05, 0.1) is 16.1 Å². The van der Waals surface area contributed by atoms with E-state index in [1.165, 1.54) is 0 Å². The van der Waals surface area contributed by atoms with Crippen LogP contribution in [0, 0.1) is 0 Å². The first-order valence-corrected chi connectivity index (χ1v) is 7.62. The summed E-state index contributed by atoms with van der Waals surface area (Å²) in [6.45, 7) is 0.737. The largest absolute Gasteiger partial charge is 0.354 e. The fraction of sp³-hybridized carbons (Fsp3) is 0.429. The van der Waals surface area contributed by atoms with Gasteiger partial charge in [0.2, 0.25) is 5.91 Å². The highest BCUT2D eigenvalue weighted by atomic mass is 35.5. The van der Waals surface area contributed by atoms with Gasteiger partial charge in [-0.3, -0.25) is 4.79 Å². The molecule has 1 fully saturated rings. The molecule has 1 amide bonds. The first kappa shape index (κ1) is 13.7. The van der Waals surface area contributed by atoms with E-state index in [9.17, 15) is 4.79 Å². The molecule has 1 aliphatic rings. The maximum Gasteiger partial charge on any atom is 0.243 e. The van der Waals surface area contributed by atoms with E-state index in [0.29, 0.717) is 17.3 Å². The van der Waals surface area contributed by atoms with Crippen molar-refractivity contribution in [2.45, 2.75) is 25.3 Å². The van der Waals surface area contributed by atoms with E-state index in [2.05, 4.69) is 10.3 Å². The highest BCUT2D eigenvalue weighted by molar-refractivity contribution is 6.35. The number of amides is 1. The van der Waals surface area contributed by atoms with Crippen molar-refractivity contribution in [1.29, 1.82) is 0 Å². The van der Waals surface area contributed by atoms with Gasteiger partial charge in [-0.05, 0) is 25.0 Å². The quantitative estimate of drug-likeness (QED) is 0.886. The lowest BCUT2D eigenvalue weighted by molar-refractivity contribution is -0.125. The Morgan fingerprint density at radius 3 is 3.05 bits per heavy atom. The van der Waals surface area contributed by atoms with Crippen LogP contribution in [0.4, 0.5) is 0 Å². The smallest absolute Gasteiger partial charge is 0.243 e. The third-order valence-corrected chi connectivity index (χ3v) is 4.11. The van der Waals surface area contributed by atoms with E-state index in [0.717, 1.165) is 36.2 Å². The predicted octanol–water partition coefficient (Wildman–Crippen LogP) is 2.92. The number of benzene rings is 1. The highest BCUT2D eigenvalue weighted by Gasteiger charge is 2.28. The SMILES string of the molecule is O=C1NCCCC1n1c(CCCl)nc2cccc(Cl)c21. The van der Waals surface area contributed by atoms with Crippen LogP contribution >= 0.6 is 23.2 Å². The molecule has 1 aromatic carbocycles. The summed E-state index contributed by atoms with van der Waals surface area (Å²) in [4.78, 5) is 16.8. The second-order valence-corrected chi connectivity index (χ2v) is 5.68. The number of halogens is 2. The molecule has 0 radical (unpaired) electrons. The summed E-state index contributed by atoms with van der Waals surface area (Å²) in [5.41, 5.74) is 1.65. The molecule has 3 rings (SSSR count). The van der Waals surface area contributed by atoms with Crippen molar-refractivity contribution < 1.29 is 4.79 Å². The molecule has 0 bridgehead atoms. The number of carbonyl (C=O) groups is 1. The third-order valence-electron chi connectivity index (χ3n) is 3.62. The fourth-order valence-corrected chi connectivity index (χ4v) is 3.18. The Balaban J connectivity index is 2.19. The standard InChI is InChI=1S/C14H15Cl2N3O/c15-7-6-12-18-10-4-1-3-9(16)13(10)19(12)11-5-2-8-17-14(11)20/h1,3-4,11H,2,5-8H2,(H,17,20). The lowest BCUT2D eigenvalue weighted by atomic mass is 10.1. The molecular weight excluding hydrogens is 297 g/mol. The molecule has 6 heteroatoms. The van der Waals surface area contributed by atoms with E-state index < -0.39 is 0 Å². The van der Waals surface area contributed by atoms with Crippen molar-refractivity contribution in [2.24, 2.45) is 0 Å². The van der Waals surface area contributed by atoms with Crippen LogP contribution < -0.4 is 5.32 Å². The van der Waals surface area contributed by atoms with Crippen LogP contribution in [0.25, 0.3) is 11.0 Å². The number of hydrogen-bond acceptors (Lipinski definition) is 2. The topological polar surface area (TPSA) is 46.9 Å². The van der Waals surface area contributed by atoms with Crippen molar-refractivity contribution in [2.75, 3.05) is 12.4 Å². The molecule has 0 aliphatic carbocycles. The van der Waals surface area contributed by atoms with E-state index in [1.807, 2.05) is 22.8 Å². The van der Waals surface area contributed by atoms with Gasteiger partial charge >= 0.3 is 0 Å². The van der Waals surface area contributed by atoms with Crippen molar-refractivity contribution in [3.05, 3.63) is 29.0 Å². The molecule has 1 aliphatic heterocycles. The number of imidazole rings is 1. The highest BCUT2D eigenvalue weighted by Crippen LogP contribution is 2.31. The minimum atomic E-state index is -0.244. The summed E-state index contributed by atoms with van der Waals surface area (Å²) in [5, 5.41) is 3.53. The monoisotopic (exact) mass is 311 g/mol. The molecule has 1 saturated heterocycles. The van der Waals surface area contributed by atoms with Crippen LogP contribution in [0.15, 0.2) is 18.2 Å². The van der Waals surface area contributed by atoms with Gasteiger partial charge in [0.15, 0.2) is 0 Å². The van der Waals surface area contributed by atoms with Gasteiger partial charge in [-0.15, -0.1) is 11.6 Å². The molecule has 0 spiro atoms. The van der Waals surface area contributed by atoms with Gasteiger partial charge in [0.25, 0.3) is 0 Å². The Kier molecular flexibility index (Phi) is 3.85. The lowest BCUT2D eigenvalue weighted by Crippen LogP contribution is -2.38. The van der Waals surface area contributed by atoms with E-state index in [4.69, 9.17) is 23.2 Å². The number of nitrogens with one attached hydrogen (secondary N) is 1. The summed E-state index contributed by atoms with van der Waals surface area (Å²) < 4.78 is 1.97. The molecule has 0 saturated carbocycles. The Morgan fingerprint density at radius 1 is 1.45 bits per heavy atom. The minimum absolute atomic E-state index is 0.0336. The fourth-order valence-electron chi connectivity index (χ4n) is 2.75. The number of fused-ring (bicyclic) bond motifs is 1. The number of nitrogens with zero attached hydrogens (tertiary/aromatic N) is 2. The van der Waals surface area contributed by atoms with Crippen LogP contribution in [0.5, 0.6) is 0 Å². The predicted molar refractivity (Wildman–Crippen MR) is 80.4 cm³/mol. The number of carbonyl (C=O) groups excluding carboxylic acids is 1. The zero-order chi connectivity index (χ0) is 14.1. The van der Waals surface area contributed by atoms with E-state index >= 15 is 0 Å². The molecule has 1 aromatic heterocycles. The average molecular weight is 312 g/mol. The second kappa shape index (κ2) is 5.62. The maximum atomic E-state index is 12.2. The van der Waals surface area contributed by atoms with Crippen molar-refractivity contribution in [1.82, 2.24) is 14.9 Å². The number of aromatic nitrogens is 2. The normalized spacial score (nSPS) is 19.3. The number of rotatable bonds is 3. The van der Waals surface area contributed by atoms with E-state index in [1.54, 1.807) is 0 Å². The van der Waals surface area contributed by atoms with Crippen LogP contribution in [0.2, 0.25) is 5.02 Å². The Hall–Kier alpha value is -1.26. The van der Waals surface area contributed by atoms with Crippen molar-refractivity contribution in [3.63, 3.8) is 0 Å². The third kappa shape index (κ3) is 2.27. The average Bonchev–Trinajstić information content (AvgIpc) is 2.79. The number of alkyl halides is 1. The van der Waals surface area contributed by atoms with Gasteiger partial charge in [-0.2, -0.15) is 0 Å². The molecule has 2 aromatic rings. The summed E-state index contributed by atoms with van der Waals surface area (Å²) in [5.74, 6) is 1.33. The van der Waals surface area contributed by atoms with Crippen LogP contribution in [-0.2, 0) is 11.2 Å². The zero-order valence-corrected chi connectivity index (χ0v) is 12.4. The molecule has 106 valence electrons. The molecule has 1 atom stereocenters. The lowest BCUT2D eigenvalue weighted by Gasteiger charge is -2.25. The Morgan fingerprint density at radius 2 is 2.30 bits per heavy atom. The van der Waals surface area contributed by atoms with Crippen LogP contribution in [0.1, 0.15) is 24.7 Å². The Bertz CT molecular complexity index is 653. The molecule has 1 N–H and O–H groups in total. The molecule has 1 unspecified atom stereocenters. The first-order valence-electron chi connectivity index (χ1n) is 6.71. The number of piperidine rings is 1. The minimum Gasteiger partial charge on any atom is -0.354 e. The van der Waals surface area contributed by atoms with Crippen LogP contribution in [-0.4, -0.2) is 27.9 Å². The van der Waals surface area contributed by atoms with Gasteiger partial charge in [-0.25, -0.2) is 4.98 Å². The summed E-state index contributed by atoms with van der Waals surface area (Å²) in [7, 11) is 0. The second-order valence-electron chi connectivity index (χ2n) is 4.89. The number of hydrogen-bond donors (Lipinski definition) is 1. The van der Waals surface area contributed by atoms with E-state index in [-0.39, 0.29) is 11.9 Å². The summed E-state index contributed by atoms with van der Waals surface area (Å²) >= 11 is 12.2. The maximum absolute atomic E-state index is 12.2. The van der Waals surface area contributed by atoms with Crippen molar-refractivity contribution >= 4 is 40.1 Å². The Labute approximate surface area is 127 Å². The molecule has 4 nitrogen and oxygen atoms in total. The number of aryl methyl sites for hydroxylation is 1. The first-order chi connectivity index (χ1) is 9.72. The molecule has 2 heterocycles. The number of para-hydroxylation sites is 1. The van der Waals surface area contributed by atoms with Crippen LogP contribution in [0.3, 0.4) is 0 Å². The van der Waals surface area contributed by atoms with Gasteiger partial charge in [0.1, 0.15) is 11.9 Å². The molecular formula is C14H15Cl2N3O. The van der Waals surface area contributed by atoms with Gasteiger partial charge < -0.3 is 9.88 Å². The van der Waals surface area contributed by atoms with Crippen molar-refractivity contribution in [3.8, 4) is 0 Å². The molecule has 20 heavy (non-hydrogen) atoms. The summed E-state index contributed by atoms with van der Waals surface area (Å²) in [6.07, 6.45) is 2.38. The summed E-state index contributed by atoms with van der Waals surface area (Å²) in [6, 6.07) is 5.36. The van der Waals surface area contributed by atoms with Gasteiger partial charge in [0, 0.05) is 18.8 Å². The van der Waals surface area contributed by atoms with Gasteiger partial charge in [-0.1, -0.05) is 17.7 Å².